The third kappa shape index (κ3) is 3.63. The number of ether oxygens (including phenoxy) is 2. The number of sulfonamides is 1. The van der Waals surface area contributed by atoms with Crippen LogP contribution in [0.2, 0.25) is 0 Å². The Bertz CT molecular complexity index is 941. The van der Waals surface area contributed by atoms with Crippen LogP contribution in [0.25, 0.3) is 0 Å². The van der Waals surface area contributed by atoms with Crippen LogP contribution in [0.5, 0.6) is 11.5 Å². The van der Waals surface area contributed by atoms with Crippen molar-refractivity contribution in [1.82, 2.24) is 9.62 Å². The molecule has 3 rings (SSSR count). The van der Waals surface area contributed by atoms with Gasteiger partial charge < -0.3 is 14.8 Å². The molecule has 0 spiro atoms. The average Bonchev–Trinajstić information content (AvgIpc) is 2.67. The fourth-order valence-corrected chi connectivity index (χ4v) is 4.96. The van der Waals surface area contributed by atoms with Gasteiger partial charge in [0.25, 0.3) is 0 Å². The number of aryl methyl sites for hydroxylation is 1. The minimum absolute atomic E-state index is 0.163. The largest absolute Gasteiger partial charge is 0.497 e. The molecule has 2 aromatic rings. The molecule has 2 aromatic carbocycles. The molecule has 8 heteroatoms. The van der Waals surface area contributed by atoms with Crippen molar-refractivity contribution in [3.63, 3.8) is 0 Å². The normalized spacial score (nSPS) is 18.0. The van der Waals surface area contributed by atoms with Crippen molar-refractivity contribution < 1.29 is 22.7 Å². The number of hydrogen-bond donors (Lipinski definition) is 1. The van der Waals surface area contributed by atoms with E-state index in [9.17, 15) is 13.2 Å². The molecule has 1 N–H and O–H groups in total. The highest BCUT2D eigenvalue weighted by Gasteiger charge is 2.40. The number of rotatable bonds is 5. The standard InChI is InChI=1S/C19H22N2O5S/c1-13-12-16(26-3)8-9-17(13)27(23,24)21-11-10-20-19(22)18(21)14-4-6-15(25-2)7-5-14/h4-9,12,18H,10-11H2,1-3H3,(H,20,22). The van der Waals surface area contributed by atoms with Gasteiger partial charge in [-0.3, -0.25) is 4.79 Å². The van der Waals surface area contributed by atoms with Gasteiger partial charge in [-0.25, -0.2) is 8.42 Å². The van der Waals surface area contributed by atoms with Gasteiger partial charge >= 0.3 is 0 Å². The Labute approximate surface area is 158 Å². The minimum atomic E-state index is -3.88. The molecule has 0 aromatic heterocycles. The van der Waals surface area contributed by atoms with Gasteiger partial charge in [0.1, 0.15) is 17.5 Å². The van der Waals surface area contributed by atoms with Crippen molar-refractivity contribution in [3.05, 3.63) is 53.6 Å². The van der Waals surface area contributed by atoms with E-state index in [1.54, 1.807) is 50.4 Å². The van der Waals surface area contributed by atoms with E-state index in [-0.39, 0.29) is 23.9 Å². The maximum atomic E-state index is 13.3. The van der Waals surface area contributed by atoms with E-state index >= 15 is 0 Å². The Kier molecular flexibility index (Phi) is 5.38. The van der Waals surface area contributed by atoms with Crippen LogP contribution >= 0.6 is 0 Å². The van der Waals surface area contributed by atoms with Gasteiger partial charge in [-0.1, -0.05) is 12.1 Å². The lowest BCUT2D eigenvalue weighted by molar-refractivity contribution is -0.126. The van der Waals surface area contributed by atoms with Crippen molar-refractivity contribution in [2.45, 2.75) is 17.9 Å². The smallest absolute Gasteiger partial charge is 0.244 e. The number of carbonyl (C=O) groups excluding carboxylic acids is 1. The van der Waals surface area contributed by atoms with Crippen molar-refractivity contribution in [2.75, 3.05) is 27.3 Å². The summed E-state index contributed by atoms with van der Waals surface area (Å²) >= 11 is 0. The van der Waals surface area contributed by atoms with Crippen LogP contribution in [-0.4, -0.2) is 45.9 Å². The lowest BCUT2D eigenvalue weighted by atomic mass is 10.0. The number of piperazine rings is 1. The van der Waals surface area contributed by atoms with Crippen LogP contribution in [0.15, 0.2) is 47.4 Å². The lowest BCUT2D eigenvalue weighted by Crippen LogP contribution is -2.52. The molecule has 1 aliphatic heterocycles. The number of nitrogens with one attached hydrogen (secondary N) is 1. The predicted molar refractivity (Wildman–Crippen MR) is 100 cm³/mol. The first kappa shape index (κ1) is 19.2. The molecule has 1 fully saturated rings. The summed E-state index contributed by atoms with van der Waals surface area (Å²) in [5.74, 6) is 0.867. The van der Waals surface area contributed by atoms with Gasteiger partial charge in [0.05, 0.1) is 19.1 Å². The van der Waals surface area contributed by atoms with Crippen LogP contribution in [0.4, 0.5) is 0 Å². The molecular weight excluding hydrogens is 368 g/mol. The van der Waals surface area contributed by atoms with Gasteiger partial charge in [0, 0.05) is 13.1 Å². The molecule has 0 radical (unpaired) electrons. The summed E-state index contributed by atoms with van der Waals surface area (Å²) in [6.07, 6.45) is 0. The Morgan fingerprint density at radius 1 is 1.04 bits per heavy atom. The molecule has 0 bridgehead atoms. The minimum Gasteiger partial charge on any atom is -0.497 e. The number of benzene rings is 2. The zero-order chi connectivity index (χ0) is 19.6. The van der Waals surface area contributed by atoms with Crippen LogP contribution in [0, 0.1) is 6.92 Å². The summed E-state index contributed by atoms with van der Waals surface area (Å²) in [5.41, 5.74) is 1.15. The molecule has 1 amide bonds. The number of methoxy groups -OCH3 is 2. The van der Waals surface area contributed by atoms with E-state index in [0.717, 1.165) is 0 Å². The number of nitrogens with zero attached hydrogens (tertiary/aromatic N) is 1. The highest BCUT2D eigenvalue weighted by Crippen LogP contribution is 2.32. The summed E-state index contributed by atoms with van der Waals surface area (Å²) in [4.78, 5) is 12.7. The van der Waals surface area contributed by atoms with E-state index in [0.29, 0.717) is 22.6 Å². The van der Waals surface area contributed by atoms with Crippen molar-refractivity contribution in [1.29, 1.82) is 0 Å². The van der Waals surface area contributed by atoms with Crippen LogP contribution < -0.4 is 14.8 Å². The fraction of sp³-hybridized carbons (Fsp3) is 0.316. The third-order valence-electron chi connectivity index (χ3n) is 4.57. The van der Waals surface area contributed by atoms with E-state index in [2.05, 4.69) is 5.32 Å². The molecule has 1 unspecified atom stereocenters. The first-order valence-corrected chi connectivity index (χ1v) is 9.90. The maximum Gasteiger partial charge on any atom is 0.244 e. The Hall–Kier alpha value is -2.58. The second-order valence-electron chi connectivity index (χ2n) is 6.21. The summed E-state index contributed by atoms with van der Waals surface area (Å²) in [6.45, 7) is 2.16. The van der Waals surface area contributed by atoms with Gasteiger partial charge in [-0.2, -0.15) is 4.31 Å². The van der Waals surface area contributed by atoms with Gasteiger partial charge in [-0.15, -0.1) is 0 Å². The van der Waals surface area contributed by atoms with E-state index in [4.69, 9.17) is 9.47 Å². The quantitative estimate of drug-likeness (QED) is 0.843. The summed E-state index contributed by atoms with van der Waals surface area (Å²) < 4.78 is 38.2. The highest BCUT2D eigenvalue weighted by atomic mass is 32.2. The number of hydrogen-bond acceptors (Lipinski definition) is 5. The SMILES string of the molecule is COc1ccc(C2C(=O)NCCN2S(=O)(=O)c2ccc(OC)cc2C)cc1. The van der Waals surface area contributed by atoms with Gasteiger partial charge in [0.2, 0.25) is 15.9 Å². The first-order chi connectivity index (χ1) is 12.9. The first-order valence-electron chi connectivity index (χ1n) is 8.46. The Morgan fingerprint density at radius 2 is 1.67 bits per heavy atom. The van der Waals surface area contributed by atoms with Gasteiger partial charge in [0.15, 0.2) is 0 Å². The maximum absolute atomic E-state index is 13.3. The van der Waals surface area contributed by atoms with E-state index in [1.165, 1.54) is 17.5 Å². The zero-order valence-electron chi connectivity index (χ0n) is 15.4. The Morgan fingerprint density at radius 3 is 2.26 bits per heavy atom. The summed E-state index contributed by atoms with van der Waals surface area (Å²) in [5, 5.41) is 2.75. The molecule has 27 heavy (non-hydrogen) atoms. The number of carbonyl (C=O) groups is 1. The van der Waals surface area contributed by atoms with E-state index < -0.39 is 16.1 Å². The summed E-state index contributed by atoms with van der Waals surface area (Å²) in [7, 11) is -0.805. The molecule has 1 saturated heterocycles. The predicted octanol–water partition coefficient (Wildman–Crippen LogP) is 1.87. The molecule has 1 atom stereocenters. The number of amides is 1. The highest BCUT2D eigenvalue weighted by molar-refractivity contribution is 7.89. The van der Waals surface area contributed by atoms with Gasteiger partial charge in [-0.05, 0) is 48.4 Å². The molecule has 1 aliphatic rings. The zero-order valence-corrected chi connectivity index (χ0v) is 16.2. The molecule has 144 valence electrons. The van der Waals surface area contributed by atoms with Crippen LogP contribution in [0.3, 0.4) is 0 Å². The molecule has 0 saturated carbocycles. The Balaban J connectivity index is 2.04. The topological polar surface area (TPSA) is 84.9 Å². The lowest BCUT2D eigenvalue weighted by Gasteiger charge is -2.34. The molecule has 0 aliphatic carbocycles. The third-order valence-corrected chi connectivity index (χ3v) is 6.59. The second kappa shape index (κ2) is 7.58. The fourth-order valence-electron chi connectivity index (χ4n) is 3.17. The average molecular weight is 390 g/mol. The molecular formula is C19H22N2O5S. The van der Waals surface area contributed by atoms with Crippen LogP contribution in [-0.2, 0) is 14.8 Å². The van der Waals surface area contributed by atoms with Crippen molar-refractivity contribution >= 4 is 15.9 Å². The monoisotopic (exact) mass is 390 g/mol. The van der Waals surface area contributed by atoms with Crippen LogP contribution in [0.1, 0.15) is 17.2 Å². The van der Waals surface area contributed by atoms with Crippen molar-refractivity contribution in [3.8, 4) is 11.5 Å². The molecule has 7 nitrogen and oxygen atoms in total. The summed E-state index contributed by atoms with van der Waals surface area (Å²) in [6, 6.07) is 10.7. The van der Waals surface area contributed by atoms with Crippen molar-refractivity contribution in [2.24, 2.45) is 0 Å². The molecule has 1 heterocycles. The second-order valence-corrected chi connectivity index (χ2v) is 8.07. The van der Waals surface area contributed by atoms with E-state index in [1.807, 2.05) is 0 Å².